The maximum Gasteiger partial charge on any atom is 0.306 e. The van der Waals surface area contributed by atoms with Gasteiger partial charge in [0, 0.05) is 12.1 Å². The molecule has 156 valence electrons. The molecule has 0 fully saturated rings. The van der Waals surface area contributed by atoms with E-state index in [1.165, 1.54) is 5.56 Å². The number of benzene rings is 2. The number of methoxy groups -OCH3 is 1. The van der Waals surface area contributed by atoms with E-state index < -0.39 is 5.97 Å². The van der Waals surface area contributed by atoms with Gasteiger partial charge in [-0.3, -0.25) is 9.59 Å². The highest BCUT2D eigenvalue weighted by Gasteiger charge is 2.09. The third-order valence-electron chi connectivity index (χ3n) is 4.59. The summed E-state index contributed by atoms with van der Waals surface area (Å²) < 4.78 is 15.6. The molecule has 1 unspecified atom stereocenters. The van der Waals surface area contributed by atoms with Gasteiger partial charge >= 0.3 is 5.97 Å². The van der Waals surface area contributed by atoms with Crippen molar-refractivity contribution in [2.75, 3.05) is 25.6 Å². The first-order valence-electron chi connectivity index (χ1n) is 9.84. The average Bonchev–Trinajstić information content (AvgIpc) is 2.75. The van der Waals surface area contributed by atoms with Gasteiger partial charge in [-0.2, -0.15) is 0 Å². The Labute approximate surface area is 172 Å². The maximum atomic E-state index is 11.9. The summed E-state index contributed by atoms with van der Waals surface area (Å²) in [6.45, 7) is 4.39. The summed E-state index contributed by atoms with van der Waals surface area (Å²) in [6, 6.07) is 14.9. The van der Waals surface area contributed by atoms with Crippen molar-refractivity contribution >= 4 is 17.6 Å². The predicted octanol–water partition coefficient (Wildman–Crippen LogP) is 4.55. The van der Waals surface area contributed by atoms with E-state index in [1.54, 1.807) is 31.4 Å². The molecule has 2 aromatic rings. The van der Waals surface area contributed by atoms with Crippen LogP contribution in [0.4, 0.5) is 5.69 Å². The Kier molecular flexibility index (Phi) is 9.02. The Bertz CT molecular complexity index is 771. The highest BCUT2D eigenvalue weighted by Crippen LogP contribution is 2.20. The van der Waals surface area contributed by atoms with Crippen molar-refractivity contribution in [3.05, 3.63) is 54.1 Å². The number of hydrogen-bond donors (Lipinski definition) is 1. The number of esters is 1. The molecule has 29 heavy (non-hydrogen) atoms. The van der Waals surface area contributed by atoms with Crippen molar-refractivity contribution in [3.8, 4) is 11.5 Å². The van der Waals surface area contributed by atoms with E-state index in [2.05, 4.69) is 19.2 Å². The molecular formula is C23H29NO5. The predicted molar refractivity (Wildman–Crippen MR) is 112 cm³/mol. The van der Waals surface area contributed by atoms with Gasteiger partial charge in [-0.05, 0) is 60.7 Å². The first kappa shape index (κ1) is 22.3. The number of carbonyl (C=O) groups excluding carboxylic acids is 2. The normalized spacial score (nSPS) is 11.4. The molecule has 1 atom stereocenters. The number of anilines is 1. The standard InChI is InChI=1S/C23H29NO5/c1-4-17(2)18-7-9-19(10-8-18)24-22(25)16-29-23(26)6-5-15-28-21-13-11-20(27-3)12-14-21/h7-14,17H,4-6,15-16H2,1-3H3,(H,24,25). The third-order valence-corrected chi connectivity index (χ3v) is 4.59. The molecule has 0 aromatic heterocycles. The van der Waals surface area contributed by atoms with E-state index in [1.807, 2.05) is 24.3 Å². The van der Waals surface area contributed by atoms with Crippen molar-refractivity contribution in [3.63, 3.8) is 0 Å². The minimum absolute atomic E-state index is 0.188. The number of amides is 1. The summed E-state index contributed by atoms with van der Waals surface area (Å²) in [6.07, 6.45) is 1.75. The van der Waals surface area contributed by atoms with Crippen LogP contribution in [-0.4, -0.2) is 32.2 Å². The molecule has 0 heterocycles. The molecule has 6 heteroatoms. The molecule has 1 N–H and O–H groups in total. The minimum Gasteiger partial charge on any atom is -0.497 e. The SMILES string of the molecule is CCC(C)c1ccc(NC(=O)COC(=O)CCCOc2ccc(OC)cc2)cc1. The van der Waals surface area contributed by atoms with E-state index >= 15 is 0 Å². The van der Waals surface area contributed by atoms with Crippen molar-refractivity contribution in [2.24, 2.45) is 0 Å². The van der Waals surface area contributed by atoms with Crippen molar-refractivity contribution in [1.82, 2.24) is 0 Å². The van der Waals surface area contributed by atoms with Crippen LogP contribution in [0.25, 0.3) is 0 Å². The van der Waals surface area contributed by atoms with Crippen LogP contribution in [0.15, 0.2) is 48.5 Å². The second-order valence-electron chi connectivity index (χ2n) is 6.77. The fraction of sp³-hybridized carbons (Fsp3) is 0.391. The van der Waals surface area contributed by atoms with Crippen molar-refractivity contribution in [2.45, 2.75) is 39.0 Å². The van der Waals surface area contributed by atoms with Crippen LogP contribution < -0.4 is 14.8 Å². The quantitative estimate of drug-likeness (QED) is 0.443. The maximum absolute atomic E-state index is 11.9. The van der Waals surface area contributed by atoms with Crippen LogP contribution in [-0.2, 0) is 14.3 Å². The minimum atomic E-state index is -0.425. The van der Waals surface area contributed by atoms with Crippen LogP contribution in [0, 0.1) is 0 Å². The molecule has 0 aliphatic carbocycles. The summed E-state index contributed by atoms with van der Waals surface area (Å²) in [5, 5.41) is 2.73. The number of ether oxygens (including phenoxy) is 3. The summed E-state index contributed by atoms with van der Waals surface area (Å²) >= 11 is 0. The third kappa shape index (κ3) is 7.86. The summed E-state index contributed by atoms with van der Waals surface area (Å²) in [5.41, 5.74) is 1.92. The van der Waals surface area contributed by atoms with Crippen LogP contribution >= 0.6 is 0 Å². The van der Waals surface area contributed by atoms with E-state index in [-0.39, 0.29) is 18.9 Å². The van der Waals surface area contributed by atoms with Gasteiger partial charge in [-0.25, -0.2) is 0 Å². The van der Waals surface area contributed by atoms with E-state index in [9.17, 15) is 9.59 Å². The Balaban J connectivity index is 1.62. The van der Waals surface area contributed by atoms with Crippen LogP contribution in [0.3, 0.4) is 0 Å². The van der Waals surface area contributed by atoms with Crippen LogP contribution in [0.2, 0.25) is 0 Å². The Morgan fingerprint density at radius 1 is 1.00 bits per heavy atom. The lowest BCUT2D eigenvalue weighted by atomic mass is 9.99. The number of rotatable bonds is 11. The lowest BCUT2D eigenvalue weighted by Gasteiger charge is -2.11. The average molecular weight is 399 g/mol. The van der Waals surface area contributed by atoms with Gasteiger partial charge in [0.25, 0.3) is 5.91 Å². The number of hydrogen-bond acceptors (Lipinski definition) is 5. The molecule has 2 aromatic carbocycles. The fourth-order valence-corrected chi connectivity index (χ4v) is 2.62. The monoisotopic (exact) mass is 399 g/mol. The zero-order valence-corrected chi connectivity index (χ0v) is 17.3. The van der Waals surface area contributed by atoms with Gasteiger partial charge in [-0.1, -0.05) is 26.0 Å². The van der Waals surface area contributed by atoms with Crippen molar-refractivity contribution < 1.29 is 23.8 Å². The summed E-state index contributed by atoms with van der Waals surface area (Å²) in [4.78, 5) is 23.7. The molecule has 0 aliphatic rings. The van der Waals surface area contributed by atoms with Gasteiger partial charge in [0.2, 0.25) is 0 Å². The summed E-state index contributed by atoms with van der Waals surface area (Å²) in [7, 11) is 1.60. The largest absolute Gasteiger partial charge is 0.497 e. The lowest BCUT2D eigenvalue weighted by molar-refractivity contribution is -0.147. The van der Waals surface area contributed by atoms with Gasteiger partial charge in [0.05, 0.1) is 13.7 Å². The van der Waals surface area contributed by atoms with Crippen LogP contribution in [0.1, 0.15) is 44.6 Å². The topological polar surface area (TPSA) is 73.9 Å². The van der Waals surface area contributed by atoms with Gasteiger partial charge in [0.1, 0.15) is 11.5 Å². The first-order valence-corrected chi connectivity index (χ1v) is 9.84. The smallest absolute Gasteiger partial charge is 0.306 e. The Morgan fingerprint density at radius 3 is 2.28 bits per heavy atom. The molecule has 0 bridgehead atoms. The van der Waals surface area contributed by atoms with E-state index in [4.69, 9.17) is 14.2 Å². The summed E-state index contributed by atoms with van der Waals surface area (Å²) in [5.74, 6) is 1.16. The van der Waals surface area contributed by atoms with E-state index in [0.29, 0.717) is 30.4 Å². The molecule has 0 radical (unpaired) electrons. The highest BCUT2D eigenvalue weighted by atomic mass is 16.5. The Morgan fingerprint density at radius 2 is 1.66 bits per heavy atom. The second-order valence-corrected chi connectivity index (χ2v) is 6.77. The molecule has 0 spiro atoms. The van der Waals surface area contributed by atoms with Crippen molar-refractivity contribution in [1.29, 1.82) is 0 Å². The lowest BCUT2D eigenvalue weighted by Crippen LogP contribution is -2.21. The molecule has 2 rings (SSSR count). The Hall–Kier alpha value is -3.02. The van der Waals surface area contributed by atoms with Gasteiger partial charge in [-0.15, -0.1) is 0 Å². The fourth-order valence-electron chi connectivity index (χ4n) is 2.62. The molecule has 6 nitrogen and oxygen atoms in total. The molecule has 1 amide bonds. The second kappa shape index (κ2) is 11.7. The highest BCUT2D eigenvalue weighted by molar-refractivity contribution is 5.92. The molecule has 0 saturated carbocycles. The van der Waals surface area contributed by atoms with Crippen LogP contribution in [0.5, 0.6) is 11.5 Å². The zero-order chi connectivity index (χ0) is 21.1. The number of nitrogens with one attached hydrogen (secondary N) is 1. The molecule has 0 saturated heterocycles. The molecular weight excluding hydrogens is 370 g/mol. The molecule has 0 aliphatic heterocycles. The van der Waals surface area contributed by atoms with Gasteiger partial charge in [0.15, 0.2) is 6.61 Å². The number of carbonyl (C=O) groups is 2. The van der Waals surface area contributed by atoms with E-state index in [0.717, 1.165) is 12.2 Å². The first-order chi connectivity index (χ1) is 14.0. The van der Waals surface area contributed by atoms with Gasteiger partial charge < -0.3 is 19.5 Å². The zero-order valence-electron chi connectivity index (χ0n) is 17.3.